The third kappa shape index (κ3) is 2.86. The molecule has 0 aliphatic rings. The SMILES string of the molecule is C=c1ccc(=N)c(N)cc1=C(O)CCCC. The normalized spacial score (nSPS) is 12.3. The highest BCUT2D eigenvalue weighted by molar-refractivity contribution is 5.43. The highest BCUT2D eigenvalue weighted by Gasteiger charge is 1.96. The Hall–Kier alpha value is -1.77. The van der Waals surface area contributed by atoms with Gasteiger partial charge in [-0.15, -0.1) is 0 Å². The number of hydrogen-bond donors (Lipinski definition) is 3. The maximum Gasteiger partial charge on any atom is 0.100 e. The lowest BCUT2D eigenvalue weighted by molar-refractivity contribution is 0.471. The van der Waals surface area contributed by atoms with Crippen molar-refractivity contribution in [1.82, 2.24) is 0 Å². The molecule has 0 unspecified atom stereocenters. The van der Waals surface area contributed by atoms with E-state index in [4.69, 9.17) is 11.1 Å². The number of hydrogen-bond acceptors (Lipinski definition) is 3. The molecule has 0 aliphatic heterocycles. The molecule has 3 nitrogen and oxygen atoms in total. The lowest BCUT2D eigenvalue weighted by Crippen LogP contribution is -2.23. The van der Waals surface area contributed by atoms with E-state index in [-0.39, 0.29) is 5.36 Å². The molecule has 0 saturated heterocycles. The molecule has 0 aliphatic carbocycles. The van der Waals surface area contributed by atoms with Gasteiger partial charge in [-0.1, -0.05) is 26.0 Å². The summed E-state index contributed by atoms with van der Waals surface area (Å²) in [7, 11) is 0. The fourth-order valence-corrected chi connectivity index (χ4v) is 1.44. The molecule has 0 bridgehead atoms. The molecule has 4 N–H and O–H groups in total. The molecule has 0 atom stereocenters. The third-order valence-electron chi connectivity index (χ3n) is 2.49. The van der Waals surface area contributed by atoms with E-state index >= 15 is 0 Å². The minimum atomic E-state index is 0.249. The van der Waals surface area contributed by atoms with Crippen LogP contribution in [0.15, 0.2) is 18.2 Å². The van der Waals surface area contributed by atoms with Crippen LogP contribution in [0.25, 0.3) is 12.3 Å². The largest absolute Gasteiger partial charge is 0.512 e. The third-order valence-corrected chi connectivity index (χ3v) is 2.49. The minimum Gasteiger partial charge on any atom is -0.512 e. The zero-order valence-corrected chi connectivity index (χ0v) is 9.59. The topological polar surface area (TPSA) is 70.1 Å². The highest BCUT2D eigenvalue weighted by Crippen LogP contribution is 2.01. The Bertz CT molecular complexity index is 535. The van der Waals surface area contributed by atoms with Crippen molar-refractivity contribution in [2.24, 2.45) is 0 Å². The summed E-state index contributed by atoms with van der Waals surface area (Å²) >= 11 is 0. The minimum absolute atomic E-state index is 0.249. The van der Waals surface area contributed by atoms with Crippen LogP contribution in [0.3, 0.4) is 0 Å². The summed E-state index contributed by atoms with van der Waals surface area (Å²) in [4.78, 5) is 0. The lowest BCUT2D eigenvalue weighted by atomic mass is 10.2. The molecule has 0 amide bonds. The van der Waals surface area contributed by atoms with Crippen LogP contribution in [-0.4, -0.2) is 5.11 Å². The average molecular weight is 218 g/mol. The van der Waals surface area contributed by atoms with Crippen molar-refractivity contribution in [1.29, 1.82) is 5.41 Å². The first kappa shape index (κ1) is 12.3. The molecule has 0 heterocycles. The quantitative estimate of drug-likeness (QED) is 0.708. The van der Waals surface area contributed by atoms with Gasteiger partial charge in [0.25, 0.3) is 0 Å². The van der Waals surface area contributed by atoms with Crippen molar-refractivity contribution >= 4 is 18.0 Å². The predicted molar refractivity (Wildman–Crippen MR) is 67.0 cm³/mol. The van der Waals surface area contributed by atoms with Gasteiger partial charge < -0.3 is 10.8 Å². The van der Waals surface area contributed by atoms with Crippen molar-refractivity contribution in [3.05, 3.63) is 34.0 Å². The number of aliphatic hydroxyl groups excluding tert-OH is 1. The fourth-order valence-electron chi connectivity index (χ4n) is 1.44. The van der Waals surface area contributed by atoms with E-state index in [1.54, 1.807) is 18.2 Å². The monoisotopic (exact) mass is 218 g/mol. The summed E-state index contributed by atoms with van der Waals surface area (Å²) in [6.45, 7) is 5.92. The van der Waals surface area contributed by atoms with Gasteiger partial charge in [-0.25, -0.2) is 0 Å². The Balaban J connectivity index is 3.45. The molecular weight excluding hydrogens is 200 g/mol. The smallest absolute Gasteiger partial charge is 0.100 e. The Kier molecular flexibility index (Phi) is 4.11. The van der Waals surface area contributed by atoms with E-state index in [1.165, 1.54) is 0 Å². The van der Waals surface area contributed by atoms with Crippen LogP contribution in [-0.2, 0) is 0 Å². The average Bonchev–Trinajstić information content (AvgIpc) is 2.39. The Morgan fingerprint density at radius 3 is 2.81 bits per heavy atom. The first-order valence-corrected chi connectivity index (χ1v) is 5.41. The van der Waals surface area contributed by atoms with E-state index in [2.05, 4.69) is 13.5 Å². The second-order valence-corrected chi connectivity index (χ2v) is 3.84. The summed E-state index contributed by atoms with van der Waals surface area (Å²) in [5, 5.41) is 19.1. The van der Waals surface area contributed by atoms with Gasteiger partial charge in [0.15, 0.2) is 0 Å². The molecule has 1 rings (SSSR count). The van der Waals surface area contributed by atoms with Gasteiger partial charge in [0.2, 0.25) is 0 Å². The maximum absolute atomic E-state index is 9.92. The second-order valence-electron chi connectivity index (χ2n) is 3.84. The standard InChI is InChI=1S/C13H18N2O/c1-3-4-5-13(16)10-8-12(15)11(14)7-6-9(10)2/h6-8,14,16H,2-5,15H2,1H3. The van der Waals surface area contributed by atoms with Crippen molar-refractivity contribution in [2.45, 2.75) is 26.2 Å². The number of nitrogens with one attached hydrogen (secondary N) is 1. The van der Waals surface area contributed by atoms with Crippen LogP contribution in [0.1, 0.15) is 26.2 Å². The lowest BCUT2D eigenvalue weighted by Gasteiger charge is -1.97. The van der Waals surface area contributed by atoms with E-state index < -0.39 is 0 Å². The van der Waals surface area contributed by atoms with Crippen LogP contribution in [0.4, 0.5) is 5.69 Å². The van der Waals surface area contributed by atoms with Gasteiger partial charge in [-0.3, -0.25) is 5.41 Å². The molecule has 1 aromatic rings. The molecule has 0 fully saturated rings. The molecule has 0 saturated carbocycles. The molecule has 86 valence electrons. The van der Waals surface area contributed by atoms with Crippen molar-refractivity contribution in [3.63, 3.8) is 0 Å². The van der Waals surface area contributed by atoms with Gasteiger partial charge in [-0.2, -0.15) is 0 Å². The number of nitrogen functional groups attached to an aromatic ring is 1. The van der Waals surface area contributed by atoms with Gasteiger partial charge in [0.1, 0.15) is 5.76 Å². The van der Waals surface area contributed by atoms with E-state index in [9.17, 15) is 5.11 Å². The van der Waals surface area contributed by atoms with Crippen molar-refractivity contribution < 1.29 is 5.11 Å². The second kappa shape index (κ2) is 5.35. The number of unbranched alkanes of at least 4 members (excludes halogenated alkanes) is 1. The van der Waals surface area contributed by atoms with Crippen LogP contribution < -0.4 is 21.5 Å². The molecule has 0 radical (unpaired) electrons. The molecular formula is C13H18N2O. The summed E-state index contributed by atoms with van der Waals surface area (Å²) in [6.07, 6.45) is 2.57. The first-order valence-electron chi connectivity index (χ1n) is 5.41. The van der Waals surface area contributed by atoms with Crippen LogP contribution >= 0.6 is 0 Å². The van der Waals surface area contributed by atoms with E-state index in [0.29, 0.717) is 28.3 Å². The summed E-state index contributed by atoms with van der Waals surface area (Å²) in [6, 6.07) is 4.92. The Labute approximate surface area is 95.1 Å². The Morgan fingerprint density at radius 1 is 1.50 bits per heavy atom. The molecule has 3 heteroatoms. The summed E-state index contributed by atoms with van der Waals surface area (Å²) in [5.41, 5.74) is 6.05. The van der Waals surface area contributed by atoms with Crippen molar-refractivity contribution in [3.8, 4) is 0 Å². The summed E-state index contributed by atoms with van der Waals surface area (Å²) in [5.74, 6) is 0.300. The number of aliphatic hydroxyl groups is 1. The van der Waals surface area contributed by atoms with Gasteiger partial charge in [-0.05, 0) is 23.8 Å². The number of nitrogens with two attached hydrogens (primary N) is 1. The van der Waals surface area contributed by atoms with Gasteiger partial charge in [0.05, 0.1) is 11.0 Å². The summed E-state index contributed by atoms with van der Waals surface area (Å²) < 4.78 is 0. The number of rotatable bonds is 3. The Morgan fingerprint density at radius 2 is 2.19 bits per heavy atom. The zero-order chi connectivity index (χ0) is 12.1. The van der Waals surface area contributed by atoms with E-state index in [0.717, 1.165) is 12.8 Å². The predicted octanol–water partition coefficient (Wildman–Crippen LogP) is 1.01. The fraction of sp³-hybridized carbons (Fsp3) is 0.308. The highest BCUT2D eigenvalue weighted by atomic mass is 16.3. The zero-order valence-electron chi connectivity index (χ0n) is 9.59. The van der Waals surface area contributed by atoms with E-state index in [1.807, 2.05) is 0 Å². The molecule has 1 aromatic carbocycles. The van der Waals surface area contributed by atoms with Gasteiger partial charge >= 0.3 is 0 Å². The van der Waals surface area contributed by atoms with Crippen LogP contribution in [0.2, 0.25) is 0 Å². The first-order chi connectivity index (χ1) is 7.56. The number of anilines is 1. The van der Waals surface area contributed by atoms with Crippen LogP contribution in [0, 0.1) is 5.41 Å². The van der Waals surface area contributed by atoms with Crippen molar-refractivity contribution in [2.75, 3.05) is 5.73 Å². The van der Waals surface area contributed by atoms with Crippen LogP contribution in [0.5, 0.6) is 0 Å². The van der Waals surface area contributed by atoms with Gasteiger partial charge in [0, 0.05) is 11.6 Å². The molecule has 0 spiro atoms. The maximum atomic E-state index is 9.92. The molecule has 16 heavy (non-hydrogen) atoms. The molecule has 0 aromatic heterocycles.